The third-order valence-corrected chi connectivity index (χ3v) is 5.54. The van der Waals surface area contributed by atoms with E-state index < -0.39 is 0 Å². The third kappa shape index (κ3) is 5.72. The van der Waals surface area contributed by atoms with Crippen molar-refractivity contribution in [3.8, 4) is 0 Å². The lowest BCUT2D eigenvalue weighted by Gasteiger charge is -2.16. The van der Waals surface area contributed by atoms with E-state index in [0.29, 0.717) is 13.0 Å². The van der Waals surface area contributed by atoms with Crippen LogP contribution in [0.25, 0.3) is 6.08 Å². The zero-order valence-corrected chi connectivity index (χ0v) is 16.9. The highest BCUT2D eigenvalue weighted by Crippen LogP contribution is 2.34. The van der Waals surface area contributed by atoms with Gasteiger partial charge in [0, 0.05) is 43.3 Å². The topological polar surface area (TPSA) is 39.2 Å². The van der Waals surface area contributed by atoms with Crippen LogP contribution in [0.2, 0.25) is 0 Å². The highest BCUT2D eigenvalue weighted by molar-refractivity contribution is 7.10. The Morgan fingerprint density at radius 1 is 1.11 bits per heavy atom. The molecule has 1 unspecified atom stereocenters. The number of carbonyl (C=O) groups is 1. The smallest absolute Gasteiger partial charge is 0.155 e. The molecule has 144 valence electrons. The van der Waals surface area contributed by atoms with Gasteiger partial charge in [-0.3, -0.25) is 9.78 Å². The van der Waals surface area contributed by atoms with Crippen LogP contribution in [0, 0.1) is 0 Å². The lowest BCUT2D eigenvalue weighted by Crippen LogP contribution is -2.01. The van der Waals surface area contributed by atoms with Crippen LogP contribution in [0.4, 0.5) is 0 Å². The van der Waals surface area contributed by atoms with Gasteiger partial charge in [0.2, 0.25) is 0 Å². The van der Waals surface area contributed by atoms with E-state index in [-0.39, 0.29) is 11.7 Å². The van der Waals surface area contributed by atoms with E-state index in [1.165, 1.54) is 16.0 Å². The number of allylic oxidation sites excluding steroid dienone is 1. The molecule has 1 atom stereocenters. The van der Waals surface area contributed by atoms with Crippen LogP contribution < -0.4 is 0 Å². The summed E-state index contributed by atoms with van der Waals surface area (Å²) >= 11 is 1.75. The summed E-state index contributed by atoms with van der Waals surface area (Å²) in [4.78, 5) is 17.5. The van der Waals surface area contributed by atoms with Gasteiger partial charge < -0.3 is 4.74 Å². The molecule has 0 amide bonds. The number of rotatable bonds is 10. The molecule has 0 radical (unpaired) electrons. The summed E-state index contributed by atoms with van der Waals surface area (Å²) in [6, 6.07) is 16.8. The number of carbonyl (C=O) groups excluding carboxylic acids is 1. The molecule has 0 aliphatic rings. The molecule has 3 nitrogen and oxygen atoms in total. The van der Waals surface area contributed by atoms with Crippen molar-refractivity contribution in [2.45, 2.75) is 25.2 Å². The predicted molar refractivity (Wildman–Crippen MR) is 116 cm³/mol. The van der Waals surface area contributed by atoms with Gasteiger partial charge in [0.05, 0.1) is 0 Å². The van der Waals surface area contributed by atoms with E-state index in [2.05, 4.69) is 52.8 Å². The number of ether oxygens (including phenoxy) is 1. The summed E-state index contributed by atoms with van der Waals surface area (Å²) in [6.45, 7) is 0.709. The normalized spacial score (nSPS) is 12.3. The van der Waals surface area contributed by atoms with Crippen LogP contribution in [-0.4, -0.2) is 24.5 Å². The van der Waals surface area contributed by atoms with Crippen molar-refractivity contribution in [2.24, 2.45) is 0 Å². The minimum Gasteiger partial charge on any atom is -0.385 e. The summed E-state index contributed by atoms with van der Waals surface area (Å²) in [5, 5.41) is 2.11. The minimum absolute atomic E-state index is 0.159. The zero-order chi connectivity index (χ0) is 19.6. The number of unbranched alkanes of at least 4 members (excludes halogenated alkanes) is 1. The average molecular weight is 392 g/mol. The number of ketones is 1. The first-order chi connectivity index (χ1) is 13.8. The van der Waals surface area contributed by atoms with Crippen LogP contribution in [0.3, 0.4) is 0 Å². The van der Waals surface area contributed by atoms with Gasteiger partial charge in [-0.15, -0.1) is 11.3 Å². The minimum atomic E-state index is 0.159. The molecule has 0 saturated carbocycles. The molecule has 3 rings (SSSR count). The van der Waals surface area contributed by atoms with Crippen LogP contribution in [0.5, 0.6) is 0 Å². The molecule has 3 aromatic rings. The third-order valence-electron chi connectivity index (χ3n) is 4.60. The van der Waals surface area contributed by atoms with Crippen molar-refractivity contribution in [1.82, 2.24) is 4.98 Å². The fourth-order valence-corrected chi connectivity index (χ4v) is 4.02. The summed E-state index contributed by atoms with van der Waals surface area (Å²) in [5.74, 6) is 0.334. The number of pyridine rings is 1. The maximum absolute atomic E-state index is 12.0. The van der Waals surface area contributed by atoms with Gasteiger partial charge in [0.25, 0.3) is 0 Å². The fourth-order valence-electron chi connectivity index (χ4n) is 3.14. The molecular weight excluding hydrogens is 366 g/mol. The van der Waals surface area contributed by atoms with Crippen molar-refractivity contribution in [1.29, 1.82) is 0 Å². The molecule has 0 aliphatic heterocycles. The first-order valence-electron chi connectivity index (χ1n) is 9.51. The molecule has 0 saturated heterocycles. The first kappa shape index (κ1) is 20.2. The molecule has 1 aromatic carbocycles. The van der Waals surface area contributed by atoms with E-state index in [9.17, 15) is 4.79 Å². The number of thiophene rings is 1. The second kappa shape index (κ2) is 10.7. The maximum Gasteiger partial charge on any atom is 0.155 e. The highest BCUT2D eigenvalue weighted by Gasteiger charge is 2.17. The lowest BCUT2D eigenvalue weighted by molar-refractivity contribution is -0.114. The Morgan fingerprint density at radius 2 is 1.96 bits per heavy atom. The second-order valence-electron chi connectivity index (χ2n) is 6.65. The van der Waals surface area contributed by atoms with Crippen LogP contribution >= 0.6 is 11.3 Å². The number of hydrogen-bond acceptors (Lipinski definition) is 4. The monoisotopic (exact) mass is 391 g/mol. The summed E-state index contributed by atoms with van der Waals surface area (Å²) < 4.78 is 5.01. The standard InChI is InChI=1S/C24H25NO2S/c1-27-16-3-2-7-22(26)14-11-19-9-12-20(13-10-19)24(23-8-5-17-28-23)21-6-4-15-25-18-21/h4-6,8-15,17-18,24H,2-3,7,16H2,1H3/b14-11+. The van der Waals surface area contributed by atoms with E-state index in [1.807, 2.05) is 18.3 Å². The molecule has 2 heterocycles. The van der Waals surface area contributed by atoms with Gasteiger partial charge in [0.15, 0.2) is 5.78 Å². The SMILES string of the molecule is COCCCCC(=O)/C=C/c1ccc(C(c2cccnc2)c2cccs2)cc1. The second-order valence-corrected chi connectivity index (χ2v) is 7.63. The Morgan fingerprint density at radius 3 is 2.64 bits per heavy atom. The Balaban J connectivity index is 1.70. The number of benzene rings is 1. The van der Waals surface area contributed by atoms with Crippen molar-refractivity contribution < 1.29 is 9.53 Å². The quantitative estimate of drug-likeness (QED) is 0.328. The van der Waals surface area contributed by atoms with Crippen molar-refractivity contribution in [3.63, 3.8) is 0 Å². The summed E-state index contributed by atoms with van der Waals surface area (Å²) in [5.41, 5.74) is 3.43. The van der Waals surface area contributed by atoms with Gasteiger partial charge in [-0.05, 0) is 53.1 Å². The molecule has 4 heteroatoms. The number of methoxy groups -OCH3 is 1. The first-order valence-corrected chi connectivity index (χ1v) is 10.4. The predicted octanol–water partition coefficient (Wildman–Crippen LogP) is 5.72. The number of nitrogens with zero attached hydrogens (tertiary/aromatic N) is 1. The molecule has 2 aromatic heterocycles. The Hall–Kier alpha value is -2.56. The summed E-state index contributed by atoms with van der Waals surface area (Å²) in [7, 11) is 1.68. The molecule has 0 bridgehead atoms. The van der Waals surface area contributed by atoms with E-state index in [1.54, 1.807) is 30.7 Å². The Labute approximate surface area is 170 Å². The molecule has 0 N–H and O–H groups in total. The van der Waals surface area contributed by atoms with Gasteiger partial charge in [0.1, 0.15) is 0 Å². The molecule has 0 aliphatic carbocycles. The average Bonchev–Trinajstić information content (AvgIpc) is 3.26. The Bertz CT molecular complexity index is 871. The molecular formula is C24H25NO2S. The van der Waals surface area contributed by atoms with Crippen molar-refractivity contribution in [2.75, 3.05) is 13.7 Å². The van der Waals surface area contributed by atoms with Crippen molar-refractivity contribution in [3.05, 3.63) is 93.9 Å². The lowest BCUT2D eigenvalue weighted by atomic mass is 9.90. The van der Waals surface area contributed by atoms with Gasteiger partial charge >= 0.3 is 0 Å². The Kier molecular flexibility index (Phi) is 7.71. The van der Waals surface area contributed by atoms with Gasteiger partial charge in [-0.2, -0.15) is 0 Å². The van der Waals surface area contributed by atoms with E-state index in [0.717, 1.165) is 18.4 Å². The number of aromatic nitrogens is 1. The largest absolute Gasteiger partial charge is 0.385 e. The van der Waals surface area contributed by atoms with Crippen LogP contribution in [0.1, 0.15) is 46.7 Å². The van der Waals surface area contributed by atoms with Crippen molar-refractivity contribution >= 4 is 23.2 Å². The van der Waals surface area contributed by atoms with E-state index in [4.69, 9.17) is 4.74 Å². The molecule has 0 fully saturated rings. The van der Waals surface area contributed by atoms with Gasteiger partial charge in [-0.25, -0.2) is 0 Å². The number of hydrogen-bond donors (Lipinski definition) is 0. The zero-order valence-electron chi connectivity index (χ0n) is 16.1. The maximum atomic E-state index is 12.0. The van der Waals surface area contributed by atoms with Crippen LogP contribution in [-0.2, 0) is 9.53 Å². The molecule has 28 heavy (non-hydrogen) atoms. The van der Waals surface area contributed by atoms with E-state index >= 15 is 0 Å². The van der Waals surface area contributed by atoms with Gasteiger partial charge in [-0.1, -0.05) is 42.5 Å². The van der Waals surface area contributed by atoms with Crippen LogP contribution in [0.15, 0.2) is 72.4 Å². The fraction of sp³-hybridized carbons (Fsp3) is 0.250. The summed E-state index contributed by atoms with van der Waals surface area (Å²) in [6.07, 6.45) is 9.66. The molecule has 0 spiro atoms. The highest BCUT2D eigenvalue weighted by atomic mass is 32.1.